The zero-order valence-corrected chi connectivity index (χ0v) is 13.2. The van der Waals surface area contributed by atoms with Crippen molar-refractivity contribution < 1.29 is 8.42 Å². The Kier molecular flexibility index (Phi) is 4.34. The minimum Gasteiger partial charge on any atom is -0.324 e. The van der Waals surface area contributed by atoms with E-state index < -0.39 is 10.0 Å². The van der Waals surface area contributed by atoms with Gasteiger partial charge in [-0.15, -0.1) is 0 Å². The van der Waals surface area contributed by atoms with Crippen molar-refractivity contribution in [1.29, 1.82) is 0 Å². The Balaban J connectivity index is 2.41. The summed E-state index contributed by atoms with van der Waals surface area (Å²) in [4.78, 5) is 0.222. The van der Waals surface area contributed by atoms with E-state index in [9.17, 15) is 8.42 Å². The Morgan fingerprint density at radius 2 is 1.62 bits per heavy atom. The van der Waals surface area contributed by atoms with E-state index in [1.54, 1.807) is 18.2 Å². The molecule has 0 heterocycles. The number of rotatable bonds is 4. The molecule has 0 aromatic heterocycles. The number of hydrogen-bond donors (Lipinski definition) is 2. The number of aryl methyl sites for hydroxylation is 2. The van der Waals surface area contributed by atoms with E-state index in [4.69, 9.17) is 5.73 Å². The second-order valence-electron chi connectivity index (χ2n) is 5.23. The minimum absolute atomic E-state index is 0.208. The topological polar surface area (TPSA) is 72.2 Å². The van der Waals surface area contributed by atoms with E-state index in [1.165, 1.54) is 0 Å². The van der Waals surface area contributed by atoms with Crippen molar-refractivity contribution in [2.45, 2.75) is 31.7 Å². The van der Waals surface area contributed by atoms with E-state index >= 15 is 0 Å². The SMILES string of the molecule is Cc1cccc(C)c1NS(=O)(=O)c1cccc(C(C)N)c1. The van der Waals surface area contributed by atoms with Gasteiger partial charge in [0.05, 0.1) is 10.6 Å². The van der Waals surface area contributed by atoms with Gasteiger partial charge in [-0.1, -0.05) is 30.3 Å². The summed E-state index contributed by atoms with van der Waals surface area (Å²) in [6.07, 6.45) is 0. The predicted octanol–water partition coefficient (Wildman–Crippen LogP) is 3.12. The normalized spacial score (nSPS) is 13.0. The Bertz CT molecular complexity index is 732. The van der Waals surface area contributed by atoms with Crippen molar-refractivity contribution >= 4 is 15.7 Å². The molecule has 3 N–H and O–H groups in total. The predicted molar refractivity (Wildman–Crippen MR) is 85.8 cm³/mol. The number of sulfonamides is 1. The summed E-state index contributed by atoms with van der Waals surface area (Å²) in [7, 11) is -3.62. The van der Waals surface area contributed by atoms with Crippen LogP contribution in [-0.4, -0.2) is 8.42 Å². The zero-order valence-electron chi connectivity index (χ0n) is 12.4. The van der Waals surface area contributed by atoms with Crippen molar-refractivity contribution in [3.8, 4) is 0 Å². The van der Waals surface area contributed by atoms with Crippen molar-refractivity contribution in [3.05, 3.63) is 59.2 Å². The van der Waals surface area contributed by atoms with Gasteiger partial charge < -0.3 is 5.73 Å². The summed E-state index contributed by atoms with van der Waals surface area (Å²) in [5.74, 6) is 0. The quantitative estimate of drug-likeness (QED) is 0.911. The molecule has 21 heavy (non-hydrogen) atoms. The Morgan fingerprint density at radius 3 is 2.19 bits per heavy atom. The lowest BCUT2D eigenvalue weighted by Gasteiger charge is -2.14. The minimum atomic E-state index is -3.62. The van der Waals surface area contributed by atoms with Crippen molar-refractivity contribution in [2.24, 2.45) is 5.73 Å². The van der Waals surface area contributed by atoms with Gasteiger partial charge in [0.15, 0.2) is 0 Å². The van der Waals surface area contributed by atoms with Crippen LogP contribution >= 0.6 is 0 Å². The van der Waals surface area contributed by atoms with E-state index in [1.807, 2.05) is 45.0 Å². The molecule has 2 rings (SSSR count). The van der Waals surface area contributed by atoms with Gasteiger partial charge in [-0.2, -0.15) is 0 Å². The van der Waals surface area contributed by atoms with Crippen LogP contribution in [0.25, 0.3) is 0 Å². The van der Waals surface area contributed by atoms with E-state index in [2.05, 4.69) is 4.72 Å². The fourth-order valence-corrected chi connectivity index (χ4v) is 3.39. The third-order valence-corrected chi connectivity index (χ3v) is 4.76. The number of hydrogen-bond acceptors (Lipinski definition) is 3. The number of anilines is 1. The number of benzene rings is 2. The fraction of sp³-hybridized carbons (Fsp3) is 0.250. The maximum atomic E-state index is 12.5. The van der Waals surface area contributed by atoms with Crippen LogP contribution in [0.2, 0.25) is 0 Å². The molecule has 0 spiro atoms. The van der Waals surface area contributed by atoms with E-state index in [0.29, 0.717) is 5.69 Å². The highest BCUT2D eigenvalue weighted by Crippen LogP contribution is 2.24. The highest BCUT2D eigenvalue weighted by molar-refractivity contribution is 7.92. The lowest BCUT2D eigenvalue weighted by atomic mass is 10.1. The standard InChI is InChI=1S/C16H20N2O2S/c1-11-6-4-7-12(2)16(11)18-21(19,20)15-9-5-8-14(10-15)13(3)17/h4-10,13,18H,17H2,1-3H3. The first-order valence-corrected chi connectivity index (χ1v) is 8.24. The Labute approximate surface area is 126 Å². The summed E-state index contributed by atoms with van der Waals surface area (Å²) in [6.45, 7) is 5.58. The largest absolute Gasteiger partial charge is 0.324 e. The summed E-state index contributed by atoms with van der Waals surface area (Å²) in [5.41, 5.74) is 9.01. The van der Waals surface area contributed by atoms with Crippen LogP contribution in [0, 0.1) is 13.8 Å². The van der Waals surface area contributed by atoms with E-state index in [-0.39, 0.29) is 10.9 Å². The van der Waals surface area contributed by atoms with Crippen LogP contribution < -0.4 is 10.5 Å². The van der Waals surface area contributed by atoms with Gasteiger partial charge in [0.25, 0.3) is 10.0 Å². The van der Waals surface area contributed by atoms with Crippen molar-refractivity contribution in [3.63, 3.8) is 0 Å². The zero-order chi connectivity index (χ0) is 15.6. The first-order valence-electron chi connectivity index (χ1n) is 6.76. The average Bonchev–Trinajstić information content (AvgIpc) is 2.43. The lowest BCUT2D eigenvalue weighted by Crippen LogP contribution is -2.15. The maximum Gasteiger partial charge on any atom is 0.261 e. The molecule has 0 aliphatic heterocycles. The second-order valence-corrected chi connectivity index (χ2v) is 6.92. The lowest BCUT2D eigenvalue weighted by molar-refractivity contribution is 0.601. The number of para-hydroxylation sites is 1. The maximum absolute atomic E-state index is 12.5. The first-order chi connectivity index (χ1) is 9.81. The molecule has 112 valence electrons. The van der Waals surface area contributed by atoms with E-state index in [0.717, 1.165) is 16.7 Å². The second kappa shape index (κ2) is 5.87. The van der Waals surface area contributed by atoms with Gasteiger partial charge in [0.1, 0.15) is 0 Å². The molecule has 0 fully saturated rings. The summed E-state index contributed by atoms with van der Waals surface area (Å²) < 4.78 is 27.7. The smallest absolute Gasteiger partial charge is 0.261 e. The number of nitrogens with one attached hydrogen (secondary N) is 1. The van der Waals surface area contributed by atoms with Gasteiger partial charge >= 0.3 is 0 Å². The molecular formula is C16H20N2O2S. The average molecular weight is 304 g/mol. The molecule has 2 aromatic rings. The van der Waals surface area contributed by atoms with Gasteiger partial charge in [-0.25, -0.2) is 8.42 Å². The van der Waals surface area contributed by atoms with Crippen LogP contribution in [0.1, 0.15) is 29.7 Å². The van der Waals surface area contributed by atoms with Gasteiger partial charge in [-0.05, 0) is 49.6 Å². The van der Waals surface area contributed by atoms with Crippen LogP contribution in [-0.2, 0) is 10.0 Å². The van der Waals surface area contributed by atoms with Gasteiger partial charge in [-0.3, -0.25) is 4.72 Å². The third kappa shape index (κ3) is 3.43. The molecule has 0 aliphatic rings. The van der Waals surface area contributed by atoms with Crippen LogP contribution in [0.15, 0.2) is 47.4 Å². The van der Waals surface area contributed by atoms with Crippen LogP contribution in [0.5, 0.6) is 0 Å². The van der Waals surface area contributed by atoms with Gasteiger partial charge in [0.2, 0.25) is 0 Å². The summed E-state index contributed by atoms with van der Waals surface area (Å²) in [5, 5.41) is 0. The molecular weight excluding hydrogens is 284 g/mol. The fourth-order valence-electron chi connectivity index (χ4n) is 2.13. The summed E-state index contributed by atoms with van der Waals surface area (Å²) in [6, 6.07) is 12.2. The molecule has 0 bridgehead atoms. The summed E-state index contributed by atoms with van der Waals surface area (Å²) >= 11 is 0. The molecule has 0 saturated heterocycles. The highest BCUT2D eigenvalue weighted by Gasteiger charge is 2.17. The molecule has 2 aromatic carbocycles. The highest BCUT2D eigenvalue weighted by atomic mass is 32.2. The first kappa shape index (κ1) is 15.5. The Hall–Kier alpha value is -1.85. The molecule has 0 radical (unpaired) electrons. The molecule has 5 heteroatoms. The Morgan fingerprint density at radius 1 is 1.05 bits per heavy atom. The monoisotopic (exact) mass is 304 g/mol. The molecule has 0 amide bonds. The van der Waals surface area contributed by atoms with Crippen LogP contribution in [0.4, 0.5) is 5.69 Å². The molecule has 1 unspecified atom stereocenters. The third-order valence-electron chi connectivity index (χ3n) is 3.41. The molecule has 4 nitrogen and oxygen atoms in total. The molecule has 1 atom stereocenters. The molecule has 0 aliphatic carbocycles. The molecule has 0 saturated carbocycles. The van der Waals surface area contributed by atoms with Crippen molar-refractivity contribution in [1.82, 2.24) is 0 Å². The van der Waals surface area contributed by atoms with Crippen LogP contribution in [0.3, 0.4) is 0 Å². The number of nitrogens with two attached hydrogens (primary N) is 1. The van der Waals surface area contributed by atoms with Gasteiger partial charge in [0, 0.05) is 6.04 Å². The van der Waals surface area contributed by atoms with Crippen molar-refractivity contribution in [2.75, 3.05) is 4.72 Å².